The third kappa shape index (κ3) is 5.84. The van der Waals surface area contributed by atoms with Gasteiger partial charge in [0.1, 0.15) is 6.33 Å². The molecular formula is C22H31N5O2S. The average molecular weight is 430 g/mol. The standard InChI is InChI=1S/C22H31N5O2S/c1-14(2)18-9-8-15(3)10-19(18)25-21(29)16-6-5-7-17(11-16)24-20(28)12-30-22-26-23-13-27(22)4/h5-7,11,13-15,18-19H,8-10,12H2,1-4H3,(H,24,28)(H,25,29). The van der Waals surface area contributed by atoms with E-state index in [0.29, 0.717) is 34.2 Å². The van der Waals surface area contributed by atoms with Crippen LogP contribution in [-0.2, 0) is 11.8 Å². The number of carbonyl (C=O) groups excluding carboxylic acids is 2. The lowest BCUT2D eigenvalue weighted by atomic mass is 9.74. The van der Waals surface area contributed by atoms with Crippen molar-refractivity contribution in [2.75, 3.05) is 11.1 Å². The highest BCUT2D eigenvalue weighted by molar-refractivity contribution is 7.99. The molecule has 2 amide bonds. The van der Waals surface area contributed by atoms with E-state index in [2.05, 4.69) is 41.6 Å². The van der Waals surface area contributed by atoms with Gasteiger partial charge in [-0.3, -0.25) is 9.59 Å². The summed E-state index contributed by atoms with van der Waals surface area (Å²) < 4.78 is 1.76. The highest BCUT2D eigenvalue weighted by atomic mass is 32.2. The van der Waals surface area contributed by atoms with E-state index in [1.54, 1.807) is 35.2 Å². The van der Waals surface area contributed by atoms with E-state index in [4.69, 9.17) is 0 Å². The third-order valence-electron chi connectivity index (χ3n) is 5.75. The predicted molar refractivity (Wildman–Crippen MR) is 119 cm³/mol. The van der Waals surface area contributed by atoms with Crippen LogP contribution >= 0.6 is 11.8 Å². The van der Waals surface area contributed by atoms with E-state index in [1.807, 2.05) is 7.05 Å². The predicted octanol–water partition coefficient (Wildman–Crippen LogP) is 3.74. The summed E-state index contributed by atoms with van der Waals surface area (Å²) in [5.41, 5.74) is 1.18. The Morgan fingerprint density at radius 2 is 2.10 bits per heavy atom. The summed E-state index contributed by atoms with van der Waals surface area (Å²) in [6.07, 6.45) is 5.00. The number of hydrogen-bond acceptors (Lipinski definition) is 5. The summed E-state index contributed by atoms with van der Waals surface area (Å²) in [6, 6.07) is 7.31. The highest BCUT2D eigenvalue weighted by Gasteiger charge is 2.31. The molecule has 162 valence electrons. The molecule has 1 aromatic carbocycles. The molecule has 0 aliphatic heterocycles. The minimum Gasteiger partial charge on any atom is -0.349 e. The molecule has 7 nitrogen and oxygen atoms in total. The molecule has 0 spiro atoms. The van der Waals surface area contributed by atoms with Crippen LogP contribution in [0.5, 0.6) is 0 Å². The Kier molecular flexibility index (Phi) is 7.53. The minimum absolute atomic E-state index is 0.0793. The number of aryl methyl sites for hydroxylation is 1. The molecule has 8 heteroatoms. The molecule has 2 N–H and O–H groups in total. The smallest absolute Gasteiger partial charge is 0.251 e. The van der Waals surface area contributed by atoms with Crippen LogP contribution in [0.1, 0.15) is 50.4 Å². The van der Waals surface area contributed by atoms with Crippen molar-refractivity contribution < 1.29 is 9.59 Å². The van der Waals surface area contributed by atoms with Gasteiger partial charge in [-0.05, 0) is 48.8 Å². The lowest BCUT2D eigenvalue weighted by Gasteiger charge is -2.37. The zero-order chi connectivity index (χ0) is 21.7. The number of rotatable bonds is 7. The quantitative estimate of drug-likeness (QED) is 0.655. The van der Waals surface area contributed by atoms with Crippen LogP contribution in [0, 0.1) is 17.8 Å². The van der Waals surface area contributed by atoms with Gasteiger partial charge in [-0.1, -0.05) is 45.0 Å². The first-order chi connectivity index (χ1) is 14.3. The van der Waals surface area contributed by atoms with Crippen molar-refractivity contribution in [3.63, 3.8) is 0 Å². The zero-order valence-corrected chi connectivity index (χ0v) is 18.9. The first-order valence-corrected chi connectivity index (χ1v) is 11.5. The van der Waals surface area contributed by atoms with Gasteiger partial charge in [0, 0.05) is 24.3 Å². The molecule has 2 aromatic rings. The monoisotopic (exact) mass is 429 g/mol. The van der Waals surface area contributed by atoms with Crippen molar-refractivity contribution >= 4 is 29.3 Å². The van der Waals surface area contributed by atoms with Gasteiger partial charge >= 0.3 is 0 Å². The van der Waals surface area contributed by atoms with Crippen LogP contribution in [0.15, 0.2) is 35.7 Å². The van der Waals surface area contributed by atoms with Crippen molar-refractivity contribution in [1.29, 1.82) is 0 Å². The van der Waals surface area contributed by atoms with Crippen LogP contribution in [0.25, 0.3) is 0 Å². The summed E-state index contributed by atoms with van der Waals surface area (Å²) in [6.45, 7) is 6.72. The number of hydrogen-bond donors (Lipinski definition) is 2. The van der Waals surface area contributed by atoms with Crippen molar-refractivity contribution in [3.8, 4) is 0 Å². The van der Waals surface area contributed by atoms with Gasteiger partial charge in [0.05, 0.1) is 5.75 Å². The number of carbonyl (C=O) groups is 2. The lowest BCUT2D eigenvalue weighted by molar-refractivity contribution is -0.113. The summed E-state index contributed by atoms with van der Waals surface area (Å²) in [5, 5.41) is 14.5. The van der Waals surface area contributed by atoms with Crippen LogP contribution in [0.4, 0.5) is 5.69 Å². The van der Waals surface area contributed by atoms with Gasteiger partial charge in [-0.25, -0.2) is 0 Å². The van der Waals surface area contributed by atoms with Gasteiger partial charge in [0.2, 0.25) is 5.91 Å². The summed E-state index contributed by atoms with van der Waals surface area (Å²) in [5.74, 6) is 1.66. The van der Waals surface area contributed by atoms with Crippen molar-refractivity contribution in [2.24, 2.45) is 24.8 Å². The Hall–Kier alpha value is -2.35. The van der Waals surface area contributed by atoms with Crippen molar-refractivity contribution in [1.82, 2.24) is 20.1 Å². The molecule has 1 aliphatic carbocycles. The van der Waals surface area contributed by atoms with Crippen LogP contribution in [0.3, 0.4) is 0 Å². The summed E-state index contributed by atoms with van der Waals surface area (Å²) in [7, 11) is 1.83. The molecule has 1 fully saturated rings. The largest absolute Gasteiger partial charge is 0.349 e. The van der Waals surface area contributed by atoms with Crippen LogP contribution in [0.2, 0.25) is 0 Å². The first-order valence-electron chi connectivity index (χ1n) is 10.5. The number of anilines is 1. The Balaban J connectivity index is 1.59. The third-order valence-corrected chi connectivity index (χ3v) is 6.78. The van der Waals surface area contributed by atoms with E-state index in [-0.39, 0.29) is 23.6 Å². The lowest BCUT2D eigenvalue weighted by Crippen LogP contribution is -2.45. The number of amides is 2. The summed E-state index contributed by atoms with van der Waals surface area (Å²) in [4.78, 5) is 25.2. The van der Waals surface area contributed by atoms with Gasteiger partial charge < -0.3 is 15.2 Å². The first kappa shape index (κ1) is 22.3. The molecular weight excluding hydrogens is 398 g/mol. The second kappa shape index (κ2) is 10.1. The molecule has 3 rings (SSSR count). The van der Waals surface area contributed by atoms with Gasteiger partial charge in [0.25, 0.3) is 5.91 Å². The fraction of sp³-hybridized carbons (Fsp3) is 0.545. The SMILES string of the molecule is CC1CCC(C(C)C)C(NC(=O)c2cccc(NC(=O)CSc3nncn3C)c2)C1. The second-order valence-electron chi connectivity index (χ2n) is 8.55. The van der Waals surface area contributed by atoms with E-state index in [0.717, 1.165) is 12.8 Å². The molecule has 1 aliphatic rings. The molecule has 3 unspecified atom stereocenters. The normalized spacial score (nSPS) is 21.4. The average Bonchev–Trinajstić information content (AvgIpc) is 3.11. The Morgan fingerprint density at radius 3 is 2.80 bits per heavy atom. The van der Waals surface area contributed by atoms with Gasteiger partial charge in [-0.2, -0.15) is 0 Å². The molecule has 0 saturated heterocycles. The zero-order valence-electron chi connectivity index (χ0n) is 18.1. The number of nitrogens with zero attached hydrogens (tertiary/aromatic N) is 3. The molecule has 0 bridgehead atoms. The van der Waals surface area contributed by atoms with Crippen molar-refractivity contribution in [2.45, 2.75) is 51.2 Å². The molecule has 30 heavy (non-hydrogen) atoms. The number of aromatic nitrogens is 3. The maximum Gasteiger partial charge on any atom is 0.251 e. The Labute approximate surface area is 182 Å². The Bertz CT molecular complexity index is 882. The molecule has 3 atom stereocenters. The van der Waals surface area contributed by atoms with Crippen LogP contribution < -0.4 is 10.6 Å². The van der Waals surface area contributed by atoms with Crippen LogP contribution in [-0.4, -0.2) is 38.4 Å². The number of nitrogens with one attached hydrogen (secondary N) is 2. The maximum atomic E-state index is 12.9. The number of benzene rings is 1. The van der Waals surface area contributed by atoms with E-state index in [9.17, 15) is 9.59 Å². The molecule has 1 saturated carbocycles. The second-order valence-corrected chi connectivity index (χ2v) is 9.49. The fourth-order valence-corrected chi connectivity index (χ4v) is 4.78. The maximum absolute atomic E-state index is 12.9. The molecule has 0 radical (unpaired) electrons. The Morgan fingerprint density at radius 1 is 1.30 bits per heavy atom. The van der Waals surface area contributed by atoms with E-state index in [1.165, 1.54) is 18.2 Å². The summed E-state index contributed by atoms with van der Waals surface area (Å²) >= 11 is 1.32. The fourth-order valence-electron chi connectivity index (χ4n) is 4.09. The highest BCUT2D eigenvalue weighted by Crippen LogP contribution is 2.33. The van der Waals surface area contributed by atoms with E-state index >= 15 is 0 Å². The van der Waals surface area contributed by atoms with E-state index < -0.39 is 0 Å². The topological polar surface area (TPSA) is 88.9 Å². The van der Waals surface area contributed by atoms with Gasteiger partial charge in [0.15, 0.2) is 5.16 Å². The number of thioether (sulfide) groups is 1. The molecule has 1 aromatic heterocycles. The van der Waals surface area contributed by atoms with Crippen molar-refractivity contribution in [3.05, 3.63) is 36.2 Å². The minimum atomic E-state index is -0.151. The van der Waals surface area contributed by atoms with Gasteiger partial charge in [-0.15, -0.1) is 10.2 Å². The molecule has 1 heterocycles.